The minimum absolute atomic E-state index is 0.115. The van der Waals surface area contributed by atoms with Gasteiger partial charge in [-0.1, -0.05) is 6.07 Å². The van der Waals surface area contributed by atoms with Crippen LogP contribution in [0.1, 0.15) is 16.1 Å². The van der Waals surface area contributed by atoms with Gasteiger partial charge in [-0.25, -0.2) is 14.8 Å². The molecule has 6 heteroatoms. The Balaban J connectivity index is 2.13. The van der Waals surface area contributed by atoms with Crippen LogP contribution in [0.4, 0.5) is 11.4 Å². The molecule has 0 fully saturated rings. The highest BCUT2D eigenvalue weighted by Crippen LogP contribution is 2.18. The van der Waals surface area contributed by atoms with Crippen LogP contribution in [0.3, 0.4) is 0 Å². The molecule has 104 valence electrons. The summed E-state index contributed by atoms with van der Waals surface area (Å²) in [4.78, 5) is 20.8. The van der Waals surface area contributed by atoms with E-state index in [1.54, 1.807) is 0 Å². The molecule has 20 heavy (non-hydrogen) atoms. The van der Waals surface area contributed by atoms with E-state index in [1.807, 2.05) is 43.3 Å². The molecular weight excluding hydrogens is 256 g/mol. The Labute approximate surface area is 117 Å². The number of carboxylic acid groups (broad SMARTS) is 1. The summed E-state index contributed by atoms with van der Waals surface area (Å²) >= 11 is 0. The predicted octanol–water partition coefficient (Wildman–Crippen LogP) is 1.85. The van der Waals surface area contributed by atoms with E-state index in [4.69, 9.17) is 5.11 Å². The number of hydrogen-bond donors (Lipinski definition) is 2. The van der Waals surface area contributed by atoms with Crippen LogP contribution < -0.4 is 10.2 Å². The Kier molecular flexibility index (Phi) is 4.14. The van der Waals surface area contributed by atoms with Gasteiger partial charge in [0, 0.05) is 31.7 Å². The average molecular weight is 272 g/mol. The van der Waals surface area contributed by atoms with Gasteiger partial charge in [-0.2, -0.15) is 0 Å². The number of carboxylic acids is 1. The molecule has 1 aromatic heterocycles. The molecule has 0 spiro atoms. The largest absolute Gasteiger partial charge is 0.478 e. The zero-order chi connectivity index (χ0) is 14.5. The van der Waals surface area contributed by atoms with Crippen LogP contribution in [-0.2, 0) is 6.54 Å². The fourth-order valence-electron chi connectivity index (χ4n) is 1.75. The van der Waals surface area contributed by atoms with Gasteiger partial charge in [-0.05, 0) is 18.2 Å². The van der Waals surface area contributed by atoms with E-state index in [2.05, 4.69) is 15.3 Å². The first-order chi connectivity index (χ1) is 9.58. The second-order valence-electron chi connectivity index (χ2n) is 4.49. The maximum absolute atomic E-state index is 11.1. The first kappa shape index (κ1) is 13.8. The van der Waals surface area contributed by atoms with Crippen LogP contribution in [0, 0.1) is 0 Å². The van der Waals surface area contributed by atoms with E-state index in [-0.39, 0.29) is 5.56 Å². The number of anilines is 2. The number of nitrogens with zero attached hydrogens (tertiary/aromatic N) is 3. The average Bonchev–Trinajstić information content (AvgIpc) is 2.45. The lowest BCUT2D eigenvalue weighted by molar-refractivity contribution is 0.0694. The molecule has 0 atom stereocenters. The molecule has 0 aliphatic rings. The van der Waals surface area contributed by atoms with Gasteiger partial charge >= 0.3 is 5.97 Å². The van der Waals surface area contributed by atoms with Crippen LogP contribution in [0.15, 0.2) is 36.8 Å². The molecule has 0 unspecified atom stereocenters. The van der Waals surface area contributed by atoms with Crippen molar-refractivity contribution in [1.82, 2.24) is 9.97 Å². The highest BCUT2D eigenvalue weighted by molar-refractivity contribution is 5.88. The van der Waals surface area contributed by atoms with Crippen molar-refractivity contribution in [2.75, 3.05) is 24.3 Å². The SMILES string of the molecule is CN(C)c1cccc(NCc2ncncc2C(=O)O)c1. The van der Waals surface area contributed by atoms with Crippen molar-refractivity contribution in [1.29, 1.82) is 0 Å². The molecule has 1 heterocycles. The lowest BCUT2D eigenvalue weighted by atomic mass is 10.2. The van der Waals surface area contributed by atoms with Crippen molar-refractivity contribution in [3.8, 4) is 0 Å². The molecule has 2 rings (SSSR count). The van der Waals surface area contributed by atoms with E-state index in [9.17, 15) is 4.79 Å². The lowest BCUT2D eigenvalue weighted by Crippen LogP contribution is -2.11. The number of rotatable bonds is 5. The van der Waals surface area contributed by atoms with Crippen molar-refractivity contribution in [3.63, 3.8) is 0 Å². The quantitative estimate of drug-likeness (QED) is 0.865. The summed E-state index contributed by atoms with van der Waals surface area (Å²) in [6, 6.07) is 7.85. The van der Waals surface area contributed by atoms with Crippen LogP contribution >= 0.6 is 0 Å². The fourth-order valence-corrected chi connectivity index (χ4v) is 1.75. The zero-order valence-corrected chi connectivity index (χ0v) is 11.4. The van der Waals surface area contributed by atoms with Crippen LogP contribution in [0.25, 0.3) is 0 Å². The summed E-state index contributed by atoms with van der Waals surface area (Å²) < 4.78 is 0. The van der Waals surface area contributed by atoms with Gasteiger partial charge in [0.2, 0.25) is 0 Å². The van der Waals surface area contributed by atoms with Gasteiger partial charge in [0.05, 0.1) is 12.2 Å². The highest BCUT2D eigenvalue weighted by Gasteiger charge is 2.10. The van der Waals surface area contributed by atoms with E-state index < -0.39 is 5.97 Å². The molecule has 0 radical (unpaired) electrons. The van der Waals surface area contributed by atoms with E-state index >= 15 is 0 Å². The molecule has 2 aromatic rings. The highest BCUT2D eigenvalue weighted by atomic mass is 16.4. The number of nitrogens with one attached hydrogen (secondary N) is 1. The van der Waals surface area contributed by atoms with Crippen molar-refractivity contribution in [3.05, 3.63) is 48.0 Å². The van der Waals surface area contributed by atoms with Gasteiger partial charge in [0.25, 0.3) is 0 Å². The summed E-state index contributed by atoms with van der Waals surface area (Å²) in [7, 11) is 3.93. The molecule has 6 nitrogen and oxygen atoms in total. The van der Waals surface area contributed by atoms with E-state index in [0.29, 0.717) is 12.2 Å². The van der Waals surface area contributed by atoms with Gasteiger partial charge in [-0.3, -0.25) is 0 Å². The van der Waals surface area contributed by atoms with Gasteiger partial charge in [0.15, 0.2) is 0 Å². The van der Waals surface area contributed by atoms with Crippen LogP contribution in [0.2, 0.25) is 0 Å². The minimum atomic E-state index is -1.02. The second-order valence-corrected chi connectivity index (χ2v) is 4.49. The van der Waals surface area contributed by atoms with Crippen LogP contribution in [0.5, 0.6) is 0 Å². The predicted molar refractivity (Wildman–Crippen MR) is 77.1 cm³/mol. The van der Waals surface area contributed by atoms with Crippen LogP contribution in [-0.4, -0.2) is 35.1 Å². The third-order valence-electron chi connectivity index (χ3n) is 2.85. The molecular formula is C14H16N4O2. The standard InChI is InChI=1S/C14H16N4O2/c1-18(2)11-5-3-4-10(6-11)16-8-13-12(14(19)20)7-15-9-17-13/h3-7,9,16H,8H2,1-2H3,(H,19,20). The first-order valence-electron chi connectivity index (χ1n) is 6.11. The molecule has 0 saturated heterocycles. The molecule has 0 saturated carbocycles. The Morgan fingerprint density at radius 3 is 2.90 bits per heavy atom. The number of benzene rings is 1. The Morgan fingerprint density at radius 2 is 2.20 bits per heavy atom. The Hall–Kier alpha value is -2.63. The summed E-state index contributed by atoms with van der Waals surface area (Å²) in [5, 5.41) is 12.2. The van der Waals surface area contributed by atoms with Gasteiger partial charge in [-0.15, -0.1) is 0 Å². The van der Waals surface area contributed by atoms with Gasteiger partial charge < -0.3 is 15.3 Å². The monoisotopic (exact) mass is 272 g/mol. The summed E-state index contributed by atoms with van der Waals surface area (Å²) in [5.41, 5.74) is 2.55. The molecule has 0 bridgehead atoms. The third-order valence-corrected chi connectivity index (χ3v) is 2.85. The maximum atomic E-state index is 11.1. The lowest BCUT2D eigenvalue weighted by Gasteiger charge is -2.14. The molecule has 0 amide bonds. The van der Waals surface area contributed by atoms with Crippen molar-refractivity contribution >= 4 is 17.3 Å². The van der Waals surface area contributed by atoms with Crippen molar-refractivity contribution in [2.45, 2.75) is 6.54 Å². The number of aromatic carboxylic acids is 1. The Bertz CT molecular complexity index is 614. The molecule has 0 aliphatic heterocycles. The number of carbonyl (C=O) groups is 1. The smallest absolute Gasteiger partial charge is 0.339 e. The number of aromatic nitrogens is 2. The molecule has 1 aromatic carbocycles. The topological polar surface area (TPSA) is 78.3 Å². The zero-order valence-electron chi connectivity index (χ0n) is 11.4. The molecule has 0 aliphatic carbocycles. The van der Waals surface area contributed by atoms with Crippen molar-refractivity contribution in [2.24, 2.45) is 0 Å². The molecule has 2 N–H and O–H groups in total. The van der Waals surface area contributed by atoms with E-state index in [0.717, 1.165) is 11.4 Å². The fraction of sp³-hybridized carbons (Fsp3) is 0.214. The van der Waals surface area contributed by atoms with Gasteiger partial charge in [0.1, 0.15) is 11.9 Å². The Morgan fingerprint density at radius 1 is 1.40 bits per heavy atom. The third kappa shape index (κ3) is 3.23. The summed E-state index contributed by atoms with van der Waals surface area (Å²) in [6.07, 6.45) is 2.66. The normalized spacial score (nSPS) is 10.1. The first-order valence-corrected chi connectivity index (χ1v) is 6.11. The van der Waals surface area contributed by atoms with E-state index in [1.165, 1.54) is 12.5 Å². The summed E-state index contributed by atoms with van der Waals surface area (Å²) in [5.74, 6) is -1.02. The maximum Gasteiger partial charge on any atom is 0.339 e. The number of hydrogen-bond acceptors (Lipinski definition) is 5. The van der Waals surface area contributed by atoms with Crippen molar-refractivity contribution < 1.29 is 9.90 Å². The second kappa shape index (κ2) is 6.01. The summed E-state index contributed by atoms with van der Waals surface area (Å²) in [6.45, 7) is 0.334. The minimum Gasteiger partial charge on any atom is -0.478 e.